The zero-order valence-corrected chi connectivity index (χ0v) is 11.4. The second kappa shape index (κ2) is 4.58. The Balaban J connectivity index is 1.99. The summed E-state index contributed by atoms with van der Waals surface area (Å²) in [6.07, 6.45) is 1.33. The van der Waals surface area contributed by atoms with Gasteiger partial charge in [0.05, 0.1) is 11.1 Å². The summed E-state index contributed by atoms with van der Waals surface area (Å²) in [4.78, 5) is 4.48. The van der Waals surface area contributed by atoms with Gasteiger partial charge in [-0.25, -0.2) is 0 Å². The average Bonchev–Trinajstić information content (AvgIpc) is 2.85. The summed E-state index contributed by atoms with van der Waals surface area (Å²) < 4.78 is 5.72. The summed E-state index contributed by atoms with van der Waals surface area (Å²) in [5.41, 5.74) is 2.43. The van der Waals surface area contributed by atoms with Gasteiger partial charge in [0.2, 0.25) is 0 Å². The van der Waals surface area contributed by atoms with Crippen molar-refractivity contribution in [3.8, 4) is 0 Å². The highest BCUT2D eigenvalue weighted by Crippen LogP contribution is 2.37. The molecule has 3 rings (SSSR count). The highest BCUT2D eigenvalue weighted by molar-refractivity contribution is 5.79. The summed E-state index contributed by atoms with van der Waals surface area (Å²) in [6, 6.07) is 9.98. The normalized spacial score (nSPS) is 24.8. The van der Waals surface area contributed by atoms with Gasteiger partial charge in [0.25, 0.3) is 0 Å². The molecule has 1 aromatic carbocycles. The molecule has 0 saturated carbocycles. The van der Waals surface area contributed by atoms with Crippen LogP contribution in [0.1, 0.15) is 37.1 Å². The van der Waals surface area contributed by atoms with Gasteiger partial charge in [0.15, 0.2) is 0 Å². The van der Waals surface area contributed by atoms with Gasteiger partial charge in [-0.2, -0.15) is 0 Å². The second-order valence-corrected chi connectivity index (χ2v) is 5.57. The maximum Gasteiger partial charge on any atom is 0.108 e. The van der Waals surface area contributed by atoms with E-state index >= 15 is 0 Å². The van der Waals surface area contributed by atoms with Crippen LogP contribution in [-0.2, 0) is 4.74 Å². The van der Waals surface area contributed by atoms with Crippen LogP contribution in [0, 0.1) is 6.92 Å². The van der Waals surface area contributed by atoms with Crippen molar-refractivity contribution in [3.63, 3.8) is 0 Å². The van der Waals surface area contributed by atoms with E-state index in [4.69, 9.17) is 4.74 Å². The van der Waals surface area contributed by atoms with E-state index in [1.807, 2.05) is 44.2 Å². The van der Waals surface area contributed by atoms with Crippen LogP contribution in [0.5, 0.6) is 0 Å². The van der Waals surface area contributed by atoms with Crippen molar-refractivity contribution < 1.29 is 9.84 Å². The van der Waals surface area contributed by atoms with Crippen LogP contribution in [0.3, 0.4) is 0 Å². The van der Waals surface area contributed by atoms with Gasteiger partial charge in [-0.3, -0.25) is 4.98 Å². The number of rotatable bonds is 2. The molecule has 3 heteroatoms. The molecule has 1 aromatic heterocycles. The number of ether oxygens (including phenoxy) is 1. The molecule has 2 atom stereocenters. The summed E-state index contributed by atoms with van der Waals surface area (Å²) in [5, 5.41) is 11.6. The van der Waals surface area contributed by atoms with Crippen molar-refractivity contribution in [2.45, 2.75) is 38.4 Å². The first-order valence-corrected chi connectivity index (χ1v) is 6.78. The number of fused-ring (bicyclic) bond motifs is 1. The minimum Gasteiger partial charge on any atom is -0.385 e. The number of nitrogens with zero attached hydrogens (tertiary/aromatic N) is 1. The monoisotopic (exact) mass is 257 g/mol. The number of aliphatic hydroxyl groups is 1. The Labute approximate surface area is 113 Å². The number of hydrogen-bond donors (Lipinski definition) is 1. The van der Waals surface area contributed by atoms with Gasteiger partial charge in [0, 0.05) is 17.7 Å². The van der Waals surface area contributed by atoms with E-state index in [1.165, 1.54) is 0 Å². The first kappa shape index (κ1) is 12.6. The van der Waals surface area contributed by atoms with Crippen LogP contribution in [0.4, 0.5) is 0 Å². The summed E-state index contributed by atoms with van der Waals surface area (Å²) in [5.74, 6) is 0. The van der Waals surface area contributed by atoms with E-state index in [2.05, 4.69) is 4.98 Å². The number of hydrogen-bond acceptors (Lipinski definition) is 3. The van der Waals surface area contributed by atoms with Crippen molar-refractivity contribution in [1.29, 1.82) is 0 Å². The predicted molar refractivity (Wildman–Crippen MR) is 75.0 cm³/mol. The van der Waals surface area contributed by atoms with Gasteiger partial charge < -0.3 is 9.84 Å². The van der Waals surface area contributed by atoms with E-state index in [0.29, 0.717) is 0 Å². The number of aliphatic hydroxyl groups excluding tert-OH is 1. The smallest absolute Gasteiger partial charge is 0.108 e. The van der Waals surface area contributed by atoms with Gasteiger partial charge in [-0.05, 0) is 50.5 Å². The summed E-state index contributed by atoms with van der Waals surface area (Å²) in [7, 11) is 0. The third kappa shape index (κ3) is 2.24. The van der Waals surface area contributed by atoms with Crippen molar-refractivity contribution in [2.24, 2.45) is 0 Å². The molecule has 0 spiro atoms. The molecule has 1 aliphatic heterocycles. The van der Waals surface area contributed by atoms with Crippen LogP contribution in [0.2, 0.25) is 0 Å². The van der Waals surface area contributed by atoms with Gasteiger partial charge in [-0.1, -0.05) is 12.1 Å². The minimum absolute atomic E-state index is 0.453. The molecule has 19 heavy (non-hydrogen) atoms. The van der Waals surface area contributed by atoms with E-state index in [-0.39, 0.29) is 0 Å². The lowest BCUT2D eigenvalue weighted by molar-refractivity contribution is -0.0795. The first-order chi connectivity index (χ1) is 9.08. The quantitative estimate of drug-likeness (QED) is 0.898. The lowest BCUT2D eigenvalue weighted by Gasteiger charge is -2.29. The van der Waals surface area contributed by atoms with Gasteiger partial charge in [0.1, 0.15) is 6.10 Å². The molecule has 0 amide bonds. The number of aromatic nitrogens is 1. The van der Waals surface area contributed by atoms with Crippen LogP contribution in [0.25, 0.3) is 10.9 Å². The Morgan fingerprint density at radius 2 is 2.16 bits per heavy atom. The predicted octanol–water partition coefficient (Wildman–Crippen LogP) is 3.15. The molecule has 2 unspecified atom stereocenters. The van der Waals surface area contributed by atoms with E-state index in [1.54, 1.807) is 0 Å². The van der Waals surface area contributed by atoms with Crippen molar-refractivity contribution in [2.75, 3.05) is 6.61 Å². The molecule has 0 aliphatic carbocycles. The van der Waals surface area contributed by atoms with Crippen molar-refractivity contribution in [1.82, 2.24) is 4.98 Å². The first-order valence-electron chi connectivity index (χ1n) is 6.78. The van der Waals surface area contributed by atoms with Gasteiger partial charge in [-0.15, -0.1) is 0 Å². The lowest BCUT2D eigenvalue weighted by Crippen LogP contribution is -2.31. The van der Waals surface area contributed by atoms with Crippen molar-refractivity contribution in [3.05, 3.63) is 41.6 Å². The number of aryl methyl sites for hydroxylation is 1. The zero-order chi connectivity index (χ0) is 13.5. The van der Waals surface area contributed by atoms with Crippen LogP contribution in [-0.4, -0.2) is 22.3 Å². The molecule has 1 fully saturated rings. The Morgan fingerprint density at radius 1 is 1.32 bits per heavy atom. The Morgan fingerprint density at radius 3 is 2.89 bits per heavy atom. The third-order valence-corrected chi connectivity index (χ3v) is 4.00. The maximum absolute atomic E-state index is 10.5. The fourth-order valence-electron chi connectivity index (χ4n) is 2.78. The maximum atomic E-state index is 10.5. The molecule has 0 bridgehead atoms. The van der Waals surface area contributed by atoms with Crippen LogP contribution in [0.15, 0.2) is 30.3 Å². The molecule has 1 aliphatic rings. The molecule has 0 radical (unpaired) electrons. The molecule has 2 heterocycles. The highest BCUT2D eigenvalue weighted by atomic mass is 16.5. The standard InChI is InChI=1S/C16H19NO2/c1-11-4-5-12-10-13(6-7-14(12)17-11)15(18)16(2)8-3-9-19-16/h4-7,10,15,18H,3,8-9H2,1-2H3. The number of benzene rings is 1. The van der Waals surface area contributed by atoms with E-state index in [0.717, 1.165) is 41.6 Å². The van der Waals surface area contributed by atoms with Crippen LogP contribution < -0.4 is 0 Å². The molecule has 100 valence electrons. The topological polar surface area (TPSA) is 42.4 Å². The fourth-order valence-corrected chi connectivity index (χ4v) is 2.78. The SMILES string of the molecule is Cc1ccc2cc(C(O)C3(C)CCCO3)ccc2n1. The van der Waals surface area contributed by atoms with Crippen LogP contribution >= 0.6 is 0 Å². The molecular formula is C16H19NO2. The third-order valence-electron chi connectivity index (χ3n) is 4.00. The zero-order valence-electron chi connectivity index (χ0n) is 11.4. The van der Waals surface area contributed by atoms with Crippen molar-refractivity contribution >= 4 is 10.9 Å². The molecule has 2 aromatic rings. The summed E-state index contributed by atoms with van der Waals surface area (Å²) >= 11 is 0. The lowest BCUT2D eigenvalue weighted by atomic mass is 9.90. The number of pyridine rings is 1. The summed E-state index contributed by atoms with van der Waals surface area (Å²) in [6.45, 7) is 4.71. The Hall–Kier alpha value is -1.45. The molecule has 1 saturated heterocycles. The Bertz CT molecular complexity index is 603. The second-order valence-electron chi connectivity index (χ2n) is 5.57. The van der Waals surface area contributed by atoms with E-state index < -0.39 is 11.7 Å². The fraction of sp³-hybridized carbons (Fsp3) is 0.438. The molecule has 3 nitrogen and oxygen atoms in total. The highest BCUT2D eigenvalue weighted by Gasteiger charge is 2.38. The largest absolute Gasteiger partial charge is 0.385 e. The molecule has 1 N–H and O–H groups in total. The minimum atomic E-state index is -0.583. The molecular weight excluding hydrogens is 238 g/mol. The van der Waals surface area contributed by atoms with Gasteiger partial charge >= 0.3 is 0 Å². The Kier molecular flexibility index (Phi) is 3.03. The van der Waals surface area contributed by atoms with E-state index in [9.17, 15) is 5.11 Å². The average molecular weight is 257 g/mol.